The van der Waals surface area contributed by atoms with Crippen LogP contribution in [-0.4, -0.2) is 51.0 Å². The highest BCUT2D eigenvalue weighted by Crippen LogP contribution is 2.18. The van der Waals surface area contributed by atoms with Gasteiger partial charge in [-0.3, -0.25) is 0 Å². The summed E-state index contributed by atoms with van der Waals surface area (Å²) < 4.78 is 4.56. The van der Waals surface area contributed by atoms with Crippen LogP contribution in [0.25, 0.3) is 0 Å². The number of aliphatic hydroxyl groups excluding tert-OH is 2. The van der Waals surface area contributed by atoms with Crippen molar-refractivity contribution < 1.29 is 30.0 Å². The Kier molecular flexibility index (Phi) is 15.9. The Bertz CT molecular complexity index is 357. The summed E-state index contributed by atoms with van der Waals surface area (Å²) in [5, 5.41) is 38.3. The first-order valence-corrected chi connectivity index (χ1v) is 10.8. The van der Waals surface area contributed by atoms with E-state index in [9.17, 15) is 20.1 Å². The fraction of sp³-hybridized carbons (Fsp3) is 0.952. The molecule has 0 saturated heterocycles. The third kappa shape index (κ3) is 14.0. The highest BCUT2D eigenvalue weighted by atomic mass is 16.6. The summed E-state index contributed by atoms with van der Waals surface area (Å²) in [5.74, 6) is -4.25. The molecule has 4 N–H and O–H groups in total. The lowest BCUT2D eigenvalue weighted by Gasteiger charge is -2.25. The van der Waals surface area contributed by atoms with E-state index in [2.05, 4.69) is 11.7 Å². The second-order valence-corrected chi connectivity index (χ2v) is 7.72. The van der Waals surface area contributed by atoms with Crippen LogP contribution < -0.4 is 0 Å². The first-order chi connectivity index (χ1) is 12.8. The van der Waals surface area contributed by atoms with Gasteiger partial charge in [0.1, 0.15) is 12.7 Å². The molecule has 0 radical (unpaired) electrons. The van der Waals surface area contributed by atoms with Gasteiger partial charge in [-0.05, 0) is 13.3 Å². The molecule has 0 rings (SSSR count). The van der Waals surface area contributed by atoms with Gasteiger partial charge in [-0.25, -0.2) is 4.79 Å². The Morgan fingerprint density at radius 1 is 0.815 bits per heavy atom. The molecule has 0 aromatic heterocycles. The predicted molar refractivity (Wildman–Crippen MR) is 106 cm³/mol. The van der Waals surface area contributed by atoms with Crippen LogP contribution in [-0.2, 0) is 9.53 Å². The maximum absolute atomic E-state index is 11.6. The standard InChI is InChI=1S/C21H42O6/c1-3-4-5-6-7-8-9-10-11-12-13-14-15-16-19(23)21(25,26)20(24)27-17-18(2)22/h18-19,22-23,25-26H,3-17H2,1-2H3. The molecule has 6 heteroatoms. The molecule has 2 atom stereocenters. The van der Waals surface area contributed by atoms with Gasteiger partial charge in [-0.15, -0.1) is 0 Å². The third-order valence-corrected chi connectivity index (χ3v) is 4.80. The van der Waals surface area contributed by atoms with E-state index >= 15 is 0 Å². The molecule has 0 aliphatic rings. The maximum Gasteiger partial charge on any atom is 0.369 e. The van der Waals surface area contributed by atoms with Gasteiger partial charge in [0.05, 0.1) is 6.10 Å². The Morgan fingerprint density at radius 2 is 1.22 bits per heavy atom. The highest BCUT2D eigenvalue weighted by Gasteiger charge is 2.42. The van der Waals surface area contributed by atoms with E-state index in [0.717, 1.165) is 19.3 Å². The quantitative estimate of drug-likeness (QED) is 0.162. The number of carbonyl (C=O) groups is 1. The normalized spacial score (nSPS) is 14.1. The van der Waals surface area contributed by atoms with Crippen molar-refractivity contribution in [2.75, 3.05) is 6.61 Å². The highest BCUT2D eigenvalue weighted by molar-refractivity contribution is 5.77. The minimum Gasteiger partial charge on any atom is -0.459 e. The lowest BCUT2D eigenvalue weighted by Crippen LogP contribution is -2.50. The summed E-state index contributed by atoms with van der Waals surface area (Å²) in [6, 6.07) is 0. The van der Waals surface area contributed by atoms with Crippen molar-refractivity contribution in [1.29, 1.82) is 0 Å². The van der Waals surface area contributed by atoms with Crippen molar-refractivity contribution in [1.82, 2.24) is 0 Å². The predicted octanol–water partition coefficient (Wildman–Crippen LogP) is 3.43. The Hall–Kier alpha value is -0.690. The molecule has 0 aliphatic carbocycles. The van der Waals surface area contributed by atoms with Crippen LogP contribution in [0.4, 0.5) is 0 Å². The van der Waals surface area contributed by atoms with Gasteiger partial charge < -0.3 is 25.2 Å². The molecule has 0 bridgehead atoms. The van der Waals surface area contributed by atoms with Crippen LogP contribution >= 0.6 is 0 Å². The first kappa shape index (κ1) is 26.3. The van der Waals surface area contributed by atoms with Crippen LogP contribution in [0.1, 0.15) is 104 Å². The third-order valence-electron chi connectivity index (χ3n) is 4.80. The van der Waals surface area contributed by atoms with Gasteiger partial charge in [0.2, 0.25) is 0 Å². The minimum absolute atomic E-state index is 0.120. The first-order valence-electron chi connectivity index (χ1n) is 10.8. The molecule has 0 amide bonds. The van der Waals surface area contributed by atoms with Gasteiger partial charge in [0, 0.05) is 0 Å². The lowest BCUT2D eigenvalue weighted by atomic mass is 10.0. The summed E-state index contributed by atoms with van der Waals surface area (Å²) in [5.41, 5.74) is 0. The fourth-order valence-electron chi connectivity index (χ4n) is 3.00. The summed E-state index contributed by atoms with van der Waals surface area (Å²) in [6.07, 6.45) is 13.1. The Morgan fingerprint density at radius 3 is 1.63 bits per heavy atom. The summed E-state index contributed by atoms with van der Waals surface area (Å²) in [7, 11) is 0. The fourth-order valence-corrected chi connectivity index (χ4v) is 3.00. The maximum atomic E-state index is 11.6. The van der Waals surface area contributed by atoms with E-state index in [4.69, 9.17) is 5.11 Å². The number of aliphatic hydroxyl groups is 4. The van der Waals surface area contributed by atoms with Crippen LogP contribution in [0.15, 0.2) is 0 Å². The molecule has 2 unspecified atom stereocenters. The van der Waals surface area contributed by atoms with Crippen LogP contribution in [0.2, 0.25) is 0 Å². The second kappa shape index (κ2) is 16.3. The zero-order chi connectivity index (χ0) is 20.5. The van der Waals surface area contributed by atoms with Gasteiger partial charge in [0.15, 0.2) is 0 Å². The largest absolute Gasteiger partial charge is 0.459 e. The molecule has 162 valence electrons. The Balaban J connectivity index is 3.59. The smallest absolute Gasteiger partial charge is 0.369 e. The number of esters is 1. The molecule has 0 aromatic carbocycles. The molecule has 0 heterocycles. The van der Waals surface area contributed by atoms with Gasteiger partial charge in [-0.2, -0.15) is 0 Å². The zero-order valence-corrected chi connectivity index (χ0v) is 17.4. The lowest BCUT2D eigenvalue weighted by molar-refractivity contribution is -0.243. The van der Waals surface area contributed by atoms with E-state index < -0.39 is 24.0 Å². The number of rotatable bonds is 18. The van der Waals surface area contributed by atoms with Crippen molar-refractivity contribution in [3.8, 4) is 0 Å². The molecule has 0 saturated carbocycles. The van der Waals surface area contributed by atoms with Crippen molar-refractivity contribution in [3.63, 3.8) is 0 Å². The minimum atomic E-state index is -2.92. The van der Waals surface area contributed by atoms with Crippen LogP contribution in [0.5, 0.6) is 0 Å². The average Bonchev–Trinajstić information content (AvgIpc) is 2.63. The van der Waals surface area contributed by atoms with E-state index in [1.807, 2.05) is 0 Å². The number of hydrogen-bond donors (Lipinski definition) is 4. The summed E-state index contributed by atoms with van der Waals surface area (Å²) in [4.78, 5) is 11.6. The molecule has 0 aromatic rings. The summed E-state index contributed by atoms with van der Waals surface area (Å²) >= 11 is 0. The number of unbranched alkanes of at least 4 members (excludes halogenated alkanes) is 12. The van der Waals surface area contributed by atoms with E-state index in [-0.39, 0.29) is 13.0 Å². The van der Waals surface area contributed by atoms with E-state index in [1.165, 1.54) is 64.7 Å². The van der Waals surface area contributed by atoms with Crippen molar-refractivity contribution in [2.45, 2.75) is 122 Å². The molecule has 0 fully saturated rings. The van der Waals surface area contributed by atoms with Crippen LogP contribution in [0.3, 0.4) is 0 Å². The topological polar surface area (TPSA) is 107 Å². The van der Waals surface area contributed by atoms with E-state index in [0.29, 0.717) is 6.42 Å². The number of ether oxygens (including phenoxy) is 1. The average molecular weight is 391 g/mol. The van der Waals surface area contributed by atoms with Crippen molar-refractivity contribution in [3.05, 3.63) is 0 Å². The molecule has 0 aliphatic heterocycles. The van der Waals surface area contributed by atoms with E-state index in [1.54, 1.807) is 0 Å². The molecular weight excluding hydrogens is 348 g/mol. The molecule has 6 nitrogen and oxygen atoms in total. The van der Waals surface area contributed by atoms with Gasteiger partial charge in [0.25, 0.3) is 5.79 Å². The number of carbonyl (C=O) groups excluding carboxylic acids is 1. The SMILES string of the molecule is CCCCCCCCCCCCCCCC(O)C(O)(O)C(=O)OCC(C)O. The molecule has 0 spiro atoms. The Labute approximate surface area is 164 Å². The van der Waals surface area contributed by atoms with Crippen molar-refractivity contribution >= 4 is 5.97 Å². The van der Waals surface area contributed by atoms with Gasteiger partial charge >= 0.3 is 5.97 Å². The van der Waals surface area contributed by atoms with Gasteiger partial charge in [-0.1, -0.05) is 90.4 Å². The van der Waals surface area contributed by atoms with Crippen LogP contribution in [0, 0.1) is 0 Å². The molecular formula is C21H42O6. The zero-order valence-electron chi connectivity index (χ0n) is 17.4. The molecule has 27 heavy (non-hydrogen) atoms. The number of hydrogen-bond acceptors (Lipinski definition) is 6. The van der Waals surface area contributed by atoms with Crippen molar-refractivity contribution in [2.24, 2.45) is 0 Å². The second-order valence-electron chi connectivity index (χ2n) is 7.72. The summed E-state index contributed by atoms with van der Waals surface area (Å²) in [6.45, 7) is 3.30. The monoisotopic (exact) mass is 390 g/mol.